The molecule has 0 bridgehead atoms. The van der Waals surface area contributed by atoms with Crippen LogP contribution in [0.5, 0.6) is 0 Å². The van der Waals surface area contributed by atoms with Crippen LogP contribution in [0.25, 0.3) is 0 Å². The van der Waals surface area contributed by atoms with E-state index >= 15 is 0 Å². The molecule has 0 aliphatic rings. The van der Waals surface area contributed by atoms with Gasteiger partial charge in [0.1, 0.15) is 0 Å². The highest BCUT2D eigenvalue weighted by molar-refractivity contribution is 6.42. The standard InChI is InChI=1S/C15H14Cl2N2O/c1-9-2-5-13(18)14(6-9)19-15(20)8-10-3-4-11(16)12(17)7-10/h2-7H,8,18H2,1H3,(H,19,20). The molecule has 0 radical (unpaired) electrons. The number of anilines is 2. The average Bonchev–Trinajstić information content (AvgIpc) is 2.38. The summed E-state index contributed by atoms with van der Waals surface area (Å²) in [5.74, 6) is -0.152. The maximum absolute atomic E-state index is 12.0. The van der Waals surface area contributed by atoms with E-state index < -0.39 is 0 Å². The first-order chi connectivity index (χ1) is 9.45. The van der Waals surface area contributed by atoms with Gasteiger partial charge >= 0.3 is 0 Å². The largest absolute Gasteiger partial charge is 0.397 e. The van der Waals surface area contributed by atoms with E-state index in [-0.39, 0.29) is 12.3 Å². The van der Waals surface area contributed by atoms with Gasteiger partial charge in [-0.25, -0.2) is 0 Å². The van der Waals surface area contributed by atoms with Crippen LogP contribution >= 0.6 is 23.2 Å². The Kier molecular flexibility index (Phi) is 4.53. The van der Waals surface area contributed by atoms with Gasteiger partial charge in [0.25, 0.3) is 0 Å². The molecule has 1 amide bonds. The Hall–Kier alpha value is -1.71. The highest BCUT2D eigenvalue weighted by atomic mass is 35.5. The lowest BCUT2D eigenvalue weighted by Gasteiger charge is -2.09. The number of rotatable bonds is 3. The Balaban J connectivity index is 2.09. The van der Waals surface area contributed by atoms with E-state index in [0.29, 0.717) is 21.4 Å². The predicted molar refractivity (Wildman–Crippen MR) is 84.4 cm³/mol. The molecule has 0 heterocycles. The van der Waals surface area contributed by atoms with Gasteiger partial charge in [0.15, 0.2) is 0 Å². The SMILES string of the molecule is Cc1ccc(N)c(NC(=O)Cc2ccc(Cl)c(Cl)c2)c1. The third-order valence-corrected chi connectivity index (χ3v) is 3.57. The van der Waals surface area contributed by atoms with Crippen LogP contribution in [0.15, 0.2) is 36.4 Å². The van der Waals surface area contributed by atoms with E-state index in [0.717, 1.165) is 11.1 Å². The van der Waals surface area contributed by atoms with E-state index in [1.165, 1.54) is 0 Å². The first kappa shape index (κ1) is 14.7. The van der Waals surface area contributed by atoms with Crippen molar-refractivity contribution in [3.8, 4) is 0 Å². The van der Waals surface area contributed by atoms with Crippen molar-refractivity contribution in [3.63, 3.8) is 0 Å². The number of amides is 1. The number of aryl methyl sites for hydroxylation is 1. The van der Waals surface area contributed by atoms with Gasteiger partial charge in [-0.1, -0.05) is 35.3 Å². The lowest BCUT2D eigenvalue weighted by molar-refractivity contribution is -0.115. The molecule has 104 valence electrons. The van der Waals surface area contributed by atoms with Crippen molar-refractivity contribution in [3.05, 3.63) is 57.6 Å². The van der Waals surface area contributed by atoms with Gasteiger partial charge in [-0.05, 0) is 42.3 Å². The topological polar surface area (TPSA) is 55.1 Å². The quantitative estimate of drug-likeness (QED) is 0.840. The van der Waals surface area contributed by atoms with Gasteiger partial charge in [-0.2, -0.15) is 0 Å². The summed E-state index contributed by atoms with van der Waals surface area (Å²) < 4.78 is 0. The maximum Gasteiger partial charge on any atom is 0.228 e. The molecule has 2 aromatic rings. The molecule has 0 aliphatic carbocycles. The van der Waals surface area contributed by atoms with Gasteiger partial charge in [0.2, 0.25) is 5.91 Å². The van der Waals surface area contributed by atoms with Crippen LogP contribution in [0, 0.1) is 6.92 Å². The summed E-state index contributed by atoms with van der Waals surface area (Å²) in [6, 6.07) is 10.6. The summed E-state index contributed by atoms with van der Waals surface area (Å²) in [6.07, 6.45) is 0.213. The monoisotopic (exact) mass is 308 g/mol. The molecule has 0 unspecified atom stereocenters. The zero-order valence-electron chi connectivity index (χ0n) is 10.9. The molecule has 5 heteroatoms. The van der Waals surface area contributed by atoms with Crippen LogP contribution in [0.3, 0.4) is 0 Å². The van der Waals surface area contributed by atoms with Crippen LogP contribution in [-0.4, -0.2) is 5.91 Å². The molecule has 0 aromatic heterocycles. The van der Waals surface area contributed by atoms with E-state index in [4.69, 9.17) is 28.9 Å². The molecular weight excluding hydrogens is 295 g/mol. The van der Waals surface area contributed by atoms with E-state index in [1.54, 1.807) is 24.3 Å². The fourth-order valence-corrected chi connectivity index (χ4v) is 2.13. The number of benzene rings is 2. The zero-order chi connectivity index (χ0) is 14.7. The molecule has 0 saturated carbocycles. The Morgan fingerprint density at radius 3 is 2.60 bits per heavy atom. The number of hydrogen-bond donors (Lipinski definition) is 2. The molecule has 0 fully saturated rings. The fourth-order valence-electron chi connectivity index (χ4n) is 1.81. The smallest absolute Gasteiger partial charge is 0.228 e. The molecular formula is C15H14Cl2N2O. The number of nitrogens with two attached hydrogens (primary N) is 1. The van der Waals surface area contributed by atoms with Gasteiger partial charge in [-0.3, -0.25) is 4.79 Å². The zero-order valence-corrected chi connectivity index (χ0v) is 12.4. The van der Waals surface area contributed by atoms with Crippen LogP contribution in [0.4, 0.5) is 11.4 Å². The highest BCUT2D eigenvalue weighted by Gasteiger charge is 2.08. The first-order valence-electron chi connectivity index (χ1n) is 6.05. The minimum atomic E-state index is -0.152. The minimum absolute atomic E-state index is 0.152. The Morgan fingerprint density at radius 2 is 1.90 bits per heavy atom. The molecule has 3 N–H and O–H groups in total. The first-order valence-corrected chi connectivity index (χ1v) is 6.81. The summed E-state index contributed by atoms with van der Waals surface area (Å²) in [5, 5.41) is 3.70. The van der Waals surface area contributed by atoms with Crippen molar-refractivity contribution < 1.29 is 4.79 Å². The molecule has 20 heavy (non-hydrogen) atoms. The number of hydrogen-bond acceptors (Lipinski definition) is 2. The van der Waals surface area contributed by atoms with Crippen molar-refractivity contribution >= 4 is 40.5 Å². The molecule has 2 rings (SSSR count). The van der Waals surface area contributed by atoms with Crippen molar-refractivity contribution in [2.24, 2.45) is 0 Å². The number of carbonyl (C=O) groups excluding carboxylic acids is 1. The van der Waals surface area contributed by atoms with E-state index in [1.807, 2.05) is 19.1 Å². The fraction of sp³-hybridized carbons (Fsp3) is 0.133. The second-order valence-electron chi connectivity index (χ2n) is 4.56. The van der Waals surface area contributed by atoms with Crippen molar-refractivity contribution in [1.82, 2.24) is 0 Å². The lowest BCUT2D eigenvalue weighted by Crippen LogP contribution is -2.15. The molecule has 0 saturated heterocycles. The van der Waals surface area contributed by atoms with Crippen LogP contribution < -0.4 is 11.1 Å². The summed E-state index contributed by atoms with van der Waals surface area (Å²) in [5.41, 5.74) is 8.81. The van der Waals surface area contributed by atoms with Gasteiger partial charge < -0.3 is 11.1 Å². The molecule has 3 nitrogen and oxygen atoms in total. The molecule has 0 spiro atoms. The summed E-state index contributed by atoms with van der Waals surface area (Å²) >= 11 is 11.8. The number of carbonyl (C=O) groups is 1. The maximum atomic E-state index is 12.0. The minimum Gasteiger partial charge on any atom is -0.397 e. The van der Waals surface area contributed by atoms with Gasteiger partial charge in [0, 0.05) is 0 Å². The van der Waals surface area contributed by atoms with E-state index in [9.17, 15) is 4.79 Å². The number of nitrogens with one attached hydrogen (secondary N) is 1. The Morgan fingerprint density at radius 1 is 1.15 bits per heavy atom. The Labute approximate surface area is 127 Å². The van der Waals surface area contributed by atoms with Crippen molar-refractivity contribution in [1.29, 1.82) is 0 Å². The third kappa shape index (κ3) is 3.65. The van der Waals surface area contributed by atoms with E-state index in [2.05, 4.69) is 5.32 Å². The average molecular weight is 309 g/mol. The molecule has 0 atom stereocenters. The van der Waals surface area contributed by atoms with Crippen LogP contribution in [0.1, 0.15) is 11.1 Å². The summed E-state index contributed by atoms with van der Waals surface area (Å²) in [4.78, 5) is 12.0. The normalized spacial score (nSPS) is 10.3. The van der Waals surface area contributed by atoms with Gasteiger partial charge in [0.05, 0.1) is 27.8 Å². The van der Waals surface area contributed by atoms with Crippen molar-refractivity contribution in [2.45, 2.75) is 13.3 Å². The second-order valence-corrected chi connectivity index (χ2v) is 5.38. The third-order valence-electron chi connectivity index (χ3n) is 2.83. The summed E-state index contributed by atoms with van der Waals surface area (Å²) in [6.45, 7) is 1.94. The predicted octanol–water partition coefficient (Wildman–Crippen LogP) is 4.07. The summed E-state index contributed by atoms with van der Waals surface area (Å²) in [7, 11) is 0. The van der Waals surface area contributed by atoms with Crippen molar-refractivity contribution in [2.75, 3.05) is 11.1 Å². The van der Waals surface area contributed by atoms with Crippen LogP contribution in [-0.2, 0) is 11.2 Å². The van der Waals surface area contributed by atoms with Crippen LogP contribution in [0.2, 0.25) is 10.0 Å². The molecule has 2 aromatic carbocycles. The Bertz CT molecular complexity index is 656. The highest BCUT2D eigenvalue weighted by Crippen LogP contribution is 2.23. The lowest BCUT2D eigenvalue weighted by atomic mass is 10.1. The van der Waals surface area contributed by atoms with Gasteiger partial charge in [-0.15, -0.1) is 0 Å². The second kappa shape index (κ2) is 6.16. The number of halogens is 2. The molecule has 0 aliphatic heterocycles. The number of nitrogen functional groups attached to an aromatic ring is 1.